The van der Waals surface area contributed by atoms with Crippen LogP contribution in [0.3, 0.4) is 0 Å². The van der Waals surface area contributed by atoms with Crippen molar-refractivity contribution >= 4 is 0 Å². The number of likely N-dealkylation sites (tertiary alicyclic amines) is 1. The molecule has 1 aliphatic heterocycles. The lowest BCUT2D eigenvalue weighted by Crippen LogP contribution is -2.35. The van der Waals surface area contributed by atoms with E-state index in [4.69, 9.17) is 4.74 Å². The zero-order valence-electron chi connectivity index (χ0n) is 12.7. The highest BCUT2D eigenvalue weighted by atomic mass is 19.1. The molecule has 20 heavy (non-hydrogen) atoms. The Morgan fingerprint density at radius 1 is 1.40 bits per heavy atom. The predicted octanol–water partition coefficient (Wildman–Crippen LogP) is 2.83. The van der Waals surface area contributed by atoms with Gasteiger partial charge in [-0.25, -0.2) is 4.39 Å². The average Bonchev–Trinajstić information content (AvgIpc) is 2.46. The average molecular weight is 280 g/mol. The van der Waals surface area contributed by atoms with Crippen molar-refractivity contribution < 1.29 is 9.13 Å². The Balaban J connectivity index is 1.93. The van der Waals surface area contributed by atoms with Crippen LogP contribution in [-0.2, 0) is 0 Å². The van der Waals surface area contributed by atoms with Crippen LogP contribution in [0.15, 0.2) is 18.2 Å². The van der Waals surface area contributed by atoms with Crippen molar-refractivity contribution in [3.63, 3.8) is 0 Å². The number of ether oxygens (including phenoxy) is 1. The van der Waals surface area contributed by atoms with E-state index in [1.807, 2.05) is 13.0 Å². The molecule has 3 nitrogen and oxygen atoms in total. The van der Waals surface area contributed by atoms with Crippen LogP contribution in [0.1, 0.15) is 31.4 Å². The highest BCUT2D eigenvalue weighted by molar-refractivity contribution is 5.36. The van der Waals surface area contributed by atoms with Gasteiger partial charge in [-0.1, -0.05) is 6.07 Å². The van der Waals surface area contributed by atoms with Crippen LogP contribution in [0.4, 0.5) is 4.39 Å². The second kappa shape index (κ2) is 7.04. The molecule has 0 saturated carbocycles. The number of hydrogen-bond donors (Lipinski definition) is 1. The maximum Gasteiger partial charge on any atom is 0.131 e. The van der Waals surface area contributed by atoms with E-state index in [1.54, 1.807) is 13.2 Å². The Labute approximate surface area is 121 Å². The number of methoxy groups -OCH3 is 1. The molecule has 1 aromatic carbocycles. The van der Waals surface area contributed by atoms with Gasteiger partial charge in [-0.2, -0.15) is 0 Å². The summed E-state index contributed by atoms with van der Waals surface area (Å²) in [6.45, 7) is 5.25. The fourth-order valence-electron chi connectivity index (χ4n) is 2.83. The number of nitrogens with one attached hydrogen (secondary N) is 1. The van der Waals surface area contributed by atoms with Crippen LogP contribution in [0, 0.1) is 11.7 Å². The van der Waals surface area contributed by atoms with E-state index in [0.717, 1.165) is 19.6 Å². The smallest absolute Gasteiger partial charge is 0.131 e. The summed E-state index contributed by atoms with van der Waals surface area (Å²) in [5.74, 6) is 1.10. The van der Waals surface area contributed by atoms with E-state index in [1.165, 1.54) is 18.9 Å². The van der Waals surface area contributed by atoms with Crippen LogP contribution in [0.5, 0.6) is 5.75 Å². The highest BCUT2D eigenvalue weighted by Gasteiger charge is 2.20. The van der Waals surface area contributed by atoms with Gasteiger partial charge in [0.1, 0.15) is 11.6 Å². The van der Waals surface area contributed by atoms with Gasteiger partial charge >= 0.3 is 0 Å². The van der Waals surface area contributed by atoms with Crippen molar-refractivity contribution in [1.82, 2.24) is 10.2 Å². The number of nitrogens with zero attached hydrogens (tertiary/aromatic N) is 1. The first-order valence-corrected chi connectivity index (χ1v) is 7.36. The van der Waals surface area contributed by atoms with Gasteiger partial charge in [0, 0.05) is 11.6 Å². The van der Waals surface area contributed by atoms with Gasteiger partial charge in [0.05, 0.1) is 7.11 Å². The molecule has 1 atom stereocenters. The van der Waals surface area contributed by atoms with E-state index < -0.39 is 0 Å². The summed E-state index contributed by atoms with van der Waals surface area (Å²) in [6, 6.07) is 4.95. The molecule has 0 aliphatic carbocycles. The lowest BCUT2D eigenvalue weighted by molar-refractivity contribution is 0.213. The third-order valence-corrected chi connectivity index (χ3v) is 4.22. The SMILES string of the molecule is COc1cccc(F)c1C(C)NCC1CCN(C)CC1. The topological polar surface area (TPSA) is 24.5 Å². The van der Waals surface area contributed by atoms with Gasteiger partial charge in [0.15, 0.2) is 0 Å². The number of halogens is 1. The maximum atomic E-state index is 14.0. The van der Waals surface area contributed by atoms with Gasteiger partial charge in [-0.05, 0) is 64.5 Å². The fourth-order valence-corrected chi connectivity index (χ4v) is 2.83. The first-order valence-electron chi connectivity index (χ1n) is 7.36. The first-order chi connectivity index (χ1) is 9.61. The van der Waals surface area contributed by atoms with E-state index in [-0.39, 0.29) is 11.9 Å². The molecule has 1 fully saturated rings. The third-order valence-electron chi connectivity index (χ3n) is 4.22. The highest BCUT2D eigenvalue weighted by Crippen LogP contribution is 2.28. The monoisotopic (exact) mass is 280 g/mol. The van der Waals surface area contributed by atoms with Crippen molar-refractivity contribution in [2.75, 3.05) is 33.8 Å². The van der Waals surface area contributed by atoms with Gasteiger partial charge in [0.25, 0.3) is 0 Å². The van der Waals surface area contributed by atoms with Gasteiger partial charge in [0.2, 0.25) is 0 Å². The molecule has 0 bridgehead atoms. The third kappa shape index (κ3) is 3.70. The largest absolute Gasteiger partial charge is 0.496 e. The number of piperidine rings is 1. The van der Waals surface area contributed by atoms with Crippen molar-refractivity contribution in [2.24, 2.45) is 5.92 Å². The van der Waals surface area contributed by atoms with Crippen LogP contribution in [0.25, 0.3) is 0 Å². The standard InChI is InChI=1S/C16H25FN2O/c1-12(16-14(17)5-4-6-15(16)20-3)18-11-13-7-9-19(2)10-8-13/h4-6,12-13,18H,7-11H2,1-3H3. The molecule has 0 spiro atoms. The first kappa shape index (κ1) is 15.3. The van der Waals surface area contributed by atoms with Gasteiger partial charge in [-0.15, -0.1) is 0 Å². The molecule has 0 amide bonds. The molecule has 0 radical (unpaired) electrons. The maximum absolute atomic E-state index is 14.0. The molecule has 1 aliphatic rings. The van der Waals surface area contributed by atoms with Gasteiger partial charge in [-0.3, -0.25) is 0 Å². The van der Waals surface area contributed by atoms with Crippen molar-refractivity contribution in [3.8, 4) is 5.75 Å². The summed E-state index contributed by atoms with van der Waals surface area (Å²) in [5.41, 5.74) is 0.628. The molecule has 0 aromatic heterocycles. The van der Waals surface area contributed by atoms with Crippen molar-refractivity contribution in [2.45, 2.75) is 25.8 Å². The molecule has 1 N–H and O–H groups in total. The zero-order chi connectivity index (χ0) is 14.5. The number of hydrogen-bond acceptors (Lipinski definition) is 3. The number of benzene rings is 1. The summed E-state index contributed by atoms with van der Waals surface area (Å²) in [4.78, 5) is 2.36. The normalized spacial score (nSPS) is 19.0. The molecule has 2 rings (SSSR count). The molecule has 1 unspecified atom stereocenters. The summed E-state index contributed by atoms with van der Waals surface area (Å²) < 4.78 is 19.2. The minimum absolute atomic E-state index is 0.0363. The molecular formula is C16H25FN2O. The minimum Gasteiger partial charge on any atom is -0.496 e. The fraction of sp³-hybridized carbons (Fsp3) is 0.625. The Morgan fingerprint density at radius 2 is 2.10 bits per heavy atom. The van der Waals surface area contributed by atoms with E-state index in [0.29, 0.717) is 17.2 Å². The van der Waals surface area contributed by atoms with E-state index in [2.05, 4.69) is 17.3 Å². The van der Waals surface area contributed by atoms with Gasteiger partial charge < -0.3 is 15.0 Å². The lowest BCUT2D eigenvalue weighted by Gasteiger charge is -2.30. The molecule has 4 heteroatoms. The second-order valence-electron chi connectivity index (χ2n) is 5.73. The molecular weight excluding hydrogens is 255 g/mol. The second-order valence-corrected chi connectivity index (χ2v) is 5.73. The zero-order valence-corrected chi connectivity index (χ0v) is 12.7. The van der Waals surface area contributed by atoms with Crippen molar-refractivity contribution in [1.29, 1.82) is 0 Å². The quantitative estimate of drug-likeness (QED) is 0.897. The summed E-state index contributed by atoms with van der Waals surface area (Å²) in [6.07, 6.45) is 2.43. The van der Waals surface area contributed by atoms with E-state index in [9.17, 15) is 4.39 Å². The summed E-state index contributed by atoms with van der Waals surface area (Å²) in [7, 11) is 3.75. The summed E-state index contributed by atoms with van der Waals surface area (Å²) in [5, 5.41) is 3.46. The number of rotatable bonds is 5. The Bertz CT molecular complexity index is 430. The molecule has 1 aromatic rings. The van der Waals surface area contributed by atoms with Crippen LogP contribution in [0.2, 0.25) is 0 Å². The minimum atomic E-state index is -0.201. The van der Waals surface area contributed by atoms with Crippen molar-refractivity contribution in [3.05, 3.63) is 29.6 Å². The Morgan fingerprint density at radius 3 is 2.75 bits per heavy atom. The lowest BCUT2D eigenvalue weighted by atomic mass is 9.96. The van der Waals surface area contributed by atoms with Crippen LogP contribution < -0.4 is 10.1 Å². The molecule has 1 heterocycles. The van der Waals surface area contributed by atoms with Crippen LogP contribution in [-0.4, -0.2) is 38.7 Å². The summed E-state index contributed by atoms with van der Waals surface area (Å²) >= 11 is 0. The van der Waals surface area contributed by atoms with Crippen LogP contribution >= 0.6 is 0 Å². The molecule has 112 valence electrons. The predicted molar refractivity (Wildman–Crippen MR) is 79.6 cm³/mol. The molecule has 1 saturated heterocycles. The van der Waals surface area contributed by atoms with E-state index >= 15 is 0 Å². The Kier molecular flexibility index (Phi) is 5.38. The Hall–Kier alpha value is -1.13.